The molecule has 2 aromatic rings. The van der Waals surface area contributed by atoms with E-state index in [9.17, 15) is 14.4 Å². The van der Waals surface area contributed by atoms with E-state index in [4.69, 9.17) is 11.6 Å². The molecule has 1 aliphatic rings. The summed E-state index contributed by atoms with van der Waals surface area (Å²) in [5.74, 6) is -0.727. The van der Waals surface area contributed by atoms with Gasteiger partial charge in [0.05, 0.1) is 5.02 Å². The van der Waals surface area contributed by atoms with Crippen LogP contribution < -0.4 is 10.6 Å². The number of imide groups is 1. The lowest BCUT2D eigenvalue weighted by Gasteiger charge is -2.22. The Labute approximate surface area is 155 Å². The highest BCUT2D eigenvalue weighted by Crippen LogP contribution is 2.28. The Morgan fingerprint density at radius 1 is 1.23 bits per heavy atom. The van der Waals surface area contributed by atoms with E-state index in [2.05, 4.69) is 15.6 Å². The summed E-state index contributed by atoms with van der Waals surface area (Å²) in [4.78, 5) is 42.1. The Morgan fingerprint density at radius 3 is 2.54 bits per heavy atom. The molecule has 1 fully saturated rings. The Hall–Kier alpha value is -2.93. The van der Waals surface area contributed by atoms with Gasteiger partial charge in [0.1, 0.15) is 17.9 Å². The molecule has 0 bridgehead atoms. The maximum absolute atomic E-state index is 12.8. The lowest BCUT2D eigenvalue weighted by atomic mass is 9.91. The molecule has 7 nitrogen and oxygen atoms in total. The van der Waals surface area contributed by atoms with Gasteiger partial charge < -0.3 is 10.6 Å². The van der Waals surface area contributed by atoms with E-state index >= 15 is 0 Å². The van der Waals surface area contributed by atoms with Crippen LogP contribution in [0.1, 0.15) is 18.1 Å². The second-order valence-corrected chi connectivity index (χ2v) is 6.66. The fraction of sp³-hybridized carbons (Fsp3) is 0.222. The highest BCUT2D eigenvalue weighted by Gasteiger charge is 2.49. The number of aromatic nitrogens is 1. The lowest BCUT2D eigenvalue weighted by Crippen LogP contribution is -2.42. The van der Waals surface area contributed by atoms with Gasteiger partial charge >= 0.3 is 6.03 Å². The normalized spacial score (nSPS) is 19.4. The van der Waals surface area contributed by atoms with Gasteiger partial charge in [-0.25, -0.2) is 9.78 Å². The van der Waals surface area contributed by atoms with Crippen molar-refractivity contribution in [2.45, 2.75) is 19.4 Å². The van der Waals surface area contributed by atoms with Crippen molar-refractivity contribution in [3.63, 3.8) is 0 Å². The van der Waals surface area contributed by atoms with E-state index in [-0.39, 0.29) is 5.82 Å². The van der Waals surface area contributed by atoms with Gasteiger partial charge in [0.2, 0.25) is 5.91 Å². The molecule has 0 aliphatic carbocycles. The summed E-state index contributed by atoms with van der Waals surface area (Å²) in [6.07, 6.45) is 1.39. The Bertz CT molecular complexity index is 867. The number of hydrogen-bond donors (Lipinski definition) is 2. The number of carbonyl (C=O) groups excluding carboxylic acids is 3. The number of nitrogens with one attached hydrogen (secondary N) is 2. The fourth-order valence-electron chi connectivity index (χ4n) is 2.70. The number of hydrogen-bond acceptors (Lipinski definition) is 4. The number of halogens is 1. The minimum absolute atomic E-state index is 0.285. The molecule has 2 N–H and O–H groups in total. The van der Waals surface area contributed by atoms with Crippen LogP contribution in [0, 0.1) is 6.92 Å². The molecule has 1 aliphatic heterocycles. The molecule has 0 saturated carbocycles. The summed E-state index contributed by atoms with van der Waals surface area (Å²) >= 11 is 5.74. The highest BCUT2D eigenvalue weighted by atomic mass is 35.5. The molecule has 26 heavy (non-hydrogen) atoms. The number of nitrogens with zero attached hydrogens (tertiary/aromatic N) is 2. The SMILES string of the molecule is Cc1ccc(C2(C)NC(=O)N(CC(=O)Nc3ccc(Cl)cn3)C2=O)cc1. The van der Waals surface area contributed by atoms with Crippen molar-refractivity contribution < 1.29 is 14.4 Å². The Balaban J connectivity index is 1.73. The van der Waals surface area contributed by atoms with Crippen molar-refractivity contribution in [1.82, 2.24) is 15.2 Å². The van der Waals surface area contributed by atoms with Crippen molar-refractivity contribution in [3.05, 3.63) is 58.7 Å². The van der Waals surface area contributed by atoms with Crippen molar-refractivity contribution in [1.29, 1.82) is 0 Å². The molecule has 1 aromatic carbocycles. The van der Waals surface area contributed by atoms with Crippen LogP contribution in [0.3, 0.4) is 0 Å². The zero-order valence-electron chi connectivity index (χ0n) is 14.2. The minimum atomic E-state index is -1.20. The molecule has 3 rings (SSSR count). The van der Waals surface area contributed by atoms with Crippen LogP contribution in [0.15, 0.2) is 42.6 Å². The first-order valence-electron chi connectivity index (χ1n) is 7.92. The van der Waals surface area contributed by atoms with Gasteiger partial charge in [-0.1, -0.05) is 41.4 Å². The smallest absolute Gasteiger partial charge is 0.319 e. The maximum Gasteiger partial charge on any atom is 0.325 e. The van der Waals surface area contributed by atoms with Crippen molar-refractivity contribution in [3.8, 4) is 0 Å². The maximum atomic E-state index is 12.8. The first-order valence-corrected chi connectivity index (χ1v) is 8.30. The minimum Gasteiger partial charge on any atom is -0.319 e. The van der Waals surface area contributed by atoms with Crippen LogP contribution in [0.4, 0.5) is 10.6 Å². The first kappa shape index (κ1) is 17.9. The monoisotopic (exact) mass is 372 g/mol. The number of benzene rings is 1. The average Bonchev–Trinajstić information content (AvgIpc) is 2.82. The fourth-order valence-corrected chi connectivity index (χ4v) is 2.81. The summed E-state index contributed by atoms with van der Waals surface area (Å²) in [6.45, 7) is 3.15. The van der Waals surface area contributed by atoms with Crippen LogP contribution in [-0.2, 0) is 15.1 Å². The van der Waals surface area contributed by atoms with Gasteiger partial charge in [-0.2, -0.15) is 0 Å². The van der Waals surface area contributed by atoms with E-state index < -0.39 is 29.9 Å². The standard InChI is InChI=1S/C18H17ClN4O3/c1-11-3-5-12(6-4-11)18(2)16(25)23(17(26)22-18)10-15(24)21-14-8-7-13(19)9-20-14/h3-9H,10H2,1-2H3,(H,22,26)(H,20,21,24). The van der Waals surface area contributed by atoms with Crippen LogP contribution in [0.2, 0.25) is 5.02 Å². The van der Waals surface area contributed by atoms with Crippen LogP contribution >= 0.6 is 11.6 Å². The zero-order valence-corrected chi connectivity index (χ0v) is 15.0. The Kier molecular flexibility index (Phi) is 4.65. The molecular weight excluding hydrogens is 356 g/mol. The number of pyridine rings is 1. The number of carbonyl (C=O) groups is 3. The number of rotatable bonds is 4. The Morgan fingerprint density at radius 2 is 1.92 bits per heavy atom. The third kappa shape index (κ3) is 3.39. The third-order valence-corrected chi connectivity index (χ3v) is 4.42. The summed E-state index contributed by atoms with van der Waals surface area (Å²) < 4.78 is 0. The largest absolute Gasteiger partial charge is 0.325 e. The van der Waals surface area contributed by atoms with Gasteiger partial charge in [0.25, 0.3) is 5.91 Å². The van der Waals surface area contributed by atoms with E-state index in [1.807, 2.05) is 19.1 Å². The molecule has 8 heteroatoms. The van der Waals surface area contributed by atoms with Gasteiger partial charge in [-0.05, 0) is 31.5 Å². The van der Waals surface area contributed by atoms with Gasteiger partial charge in [0, 0.05) is 6.20 Å². The molecule has 1 atom stereocenters. The molecule has 0 radical (unpaired) electrons. The van der Waals surface area contributed by atoms with E-state index in [1.165, 1.54) is 12.3 Å². The third-order valence-electron chi connectivity index (χ3n) is 4.20. The molecule has 134 valence electrons. The molecule has 2 heterocycles. The average molecular weight is 373 g/mol. The molecule has 0 spiro atoms. The number of aryl methyl sites for hydroxylation is 1. The molecule has 1 unspecified atom stereocenters. The zero-order chi connectivity index (χ0) is 18.9. The predicted molar refractivity (Wildman–Crippen MR) is 96.7 cm³/mol. The number of anilines is 1. The summed E-state index contributed by atoms with van der Waals surface area (Å²) in [6, 6.07) is 9.79. The quantitative estimate of drug-likeness (QED) is 0.806. The highest BCUT2D eigenvalue weighted by molar-refractivity contribution is 6.30. The van der Waals surface area contributed by atoms with E-state index in [0.29, 0.717) is 10.6 Å². The van der Waals surface area contributed by atoms with Crippen LogP contribution in [-0.4, -0.2) is 34.3 Å². The van der Waals surface area contributed by atoms with E-state index in [0.717, 1.165) is 10.5 Å². The molecule has 1 saturated heterocycles. The predicted octanol–water partition coefficient (Wildman–Crippen LogP) is 2.45. The molecule has 1 aromatic heterocycles. The van der Waals surface area contributed by atoms with Crippen LogP contribution in [0.5, 0.6) is 0 Å². The van der Waals surface area contributed by atoms with Crippen LogP contribution in [0.25, 0.3) is 0 Å². The van der Waals surface area contributed by atoms with Crippen molar-refractivity contribution in [2.24, 2.45) is 0 Å². The summed E-state index contributed by atoms with van der Waals surface area (Å²) in [5.41, 5.74) is 0.494. The second-order valence-electron chi connectivity index (χ2n) is 6.22. The van der Waals surface area contributed by atoms with Gasteiger partial charge in [-0.3, -0.25) is 14.5 Å². The lowest BCUT2D eigenvalue weighted by molar-refractivity contribution is -0.133. The molecular formula is C18H17ClN4O3. The first-order chi connectivity index (χ1) is 12.3. The number of urea groups is 1. The van der Waals surface area contributed by atoms with Crippen molar-refractivity contribution >= 4 is 35.3 Å². The molecule has 4 amide bonds. The topological polar surface area (TPSA) is 91.4 Å². The van der Waals surface area contributed by atoms with Gasteiger partial charge in [-0.15, -0.1) is 0 Å². The van der Waals surface area contributed by atoms with Crippen molar-refractivity contribution in [2.75, 3.05) is 11.9 Å². The summed E-state index contributed by atoms with van der Waals surface area (Å²) in [5, 5.41) is 5.63. The summed E-state index contributed by atoms with van der Waals surface area (Å²) in [7, 11) is 0. The van der Waals surface area contributed by atoms with E-state index in [1.54, 1.807) is 25.1 Å². The second kappa shape index (κ2) is 6.76. The number of amides is 4. The van der Waals surface area contributed by atoms with Gasteiger partial charge in [0.15, 0.2) is 0 Å².